The fraction of sp³-hybridized carbons (Fsp3) is 0.182. The molecule has 1 aliphatic rings. The maximum absolute atomic E-state index is 14.1. The van der Waals surface area contributed by atoms with Crippen LogP contribution in [0.2, 0.25) is 5.02 Å². The fourth-order valence-corrected chi connectivity index (χ4v) is 4.21. The number of imidazole rings is 1. The van der Waals surface area contributed by atoms with Gasteiger partial charge >= 0.3 is 0 Å². The van der Waals surface area contributed by atoms with Gasteiger partial charge in [0.25, 0.3) is 0 Å². The zero-order valence-electron chi connectivity index (χ0n) is 15.9. The van der Waals surface area contributed by atoms with Crippen LogP contribution in [0.15, 0.2) is 48.8 Å². The Morgan fingerprint density at radius 3 is 2.67 bits per heavy atom. The Morgan fingerprint density at radius 2 is 1.90 bits per heavy atom. The predicted molar refractivity (Wildman–Crippen MR) is 114 cm³/mol. The molecule has 1 saturated heterocycles. The second-order valence-corrected chi connectivity index (χ2v) is 7.92. The summed E-state index contributed by atoms with van der Waals surface area (Å²) >= 11 is 6.11. The largest absolute Gasteiger partial charge is 0.369 e. The number of hydrogen-bond acceptors (Lipinski definition) is 4. The maximum Gasteiger partial charge on any atom is 0.142 e. The Kier molecular flexibility index (Phi) is 4.64. The lowest BCUT2D eigenvalue weighted by molar-refractivity contribution is 0.628. The van der Waals surface area contributed by atoms with Gasteiger partial charge in [-0.1, -0.05) is 11.6 Å². The van der Waals surface area contributed by atoms with Crippen LogP contribution in [0.3, 0.4) is 0 Å². The minimum absolute atomic E-state index is 0.0414. The molecule has 0 bridgehead atoms. The molecule has 5 nitrogen and oxygen atoms in total. The molecule has 0 saturated carbocycles. The number of rotatable bonds is 3. The van der Waals surface area contributed by atoms with E-state index < -0.39 is 5.82 Å². The number of nitrogens with zero attached hydrogens (tertiary/aromatic N) is 3. The fourth-order valence-electron chi connectivity index (χ4n) is 3.99. The van der Waals surface area contributed by atoms with Crippen LogP contribution in [0.25, 0.3) is 33.5 Å². The molecule has 8 heteroatoms. The van der Waals surface area contributed by atoms with Crippen molar-refractivity contribution in [2.24, 2.45) is 5.73 Å². The normalized spacial score (nSPS) is 16.5. The molecule has 0 radical (unpaired) electrons. The summed E-state index contributed by atoms with van der Waals surface area (Å²) in [7, 11) is 0. The highest BCUT2D eigenvalue weighted by Crippen LogP contribution is 2.40. The van der Waals surface area contributed by atoms with Gasteiger partial charge < -0.3 is 15.6 Å². The monoisotopic (exact) mass is 425 g/mol. The van der Waals surface area contributed by atoms with Gasteiger partial charge in [0.2, 0.25) is 0 Å². The number of hydrogen-bond donors (Lipinski definition) is 2. The lowest BCUT2D eigenvalue weighted by Gasteiger charge is -2.24. The van der Waals surface area contributed by atoms with Gasteiger partial charge in [-0.2, -0.15) is 0 Å². The van der Waals surface area contributed by atoms with Crippen molar-refractivity contribution < 1.29 is 8.78 Å². The molecule has 2 aromatic heterocycles. The van der Waals surface area contributed by atoms with Gasteiger partial charge in [-0.3, -0.25) is 4.98 Å². The topological polar surface area (TPSA) is 70.8 Å². The van der Waals surface area contributed by atoms with Crippen LogP contribution >= 0.6 is 11.6 Å². The van der Waals surface area contributed by atoms with Gasteiger partial charge in [0.1, 0.15) is 17.5 Å². The van der Waals surface area contributed by atoms with Crippen molar-refractivity contribution >= 4 is 28.3 Å². The molecular weight excluding hydrogens is 408 g/mol. The third kappa shape index (κ3) is 3.40. The van der Waals surface area contributed by atoms with E-state index in [9.17, 15) is 8.78 Å². The zero-order chi connectivity index (χ0) is 20.8. The maximum atomic E-state index is 14.1. The Balaban J connectivity index is 1.74. The molecule has 0 unspecified atom stereocenters. The van der Waals surface area contributed by atoms with E-state index in [1.165, 1.54) is 24.3 Å². The molecule has 4 aromatic rings. The highest BCUT2D eigenvalue weighted by molar-refractivity contribution is 6.30. The third-order valence-corrected chi connectivity index (χ3v) is 5.55. The second kappa shape index (κ2) is 7.34. The van der Waals surface area contributed by atoms with E-state index in [0.29, 0.717) is 34.0 Å². The van der Waals surface area contributed by atoms with Gasteiger partial charge in [0.05, 0.1) is 22.3 Å². The summed E-state index contributed by atoms with van der Waals surface area (Å²) in [4.78, 5) is 14.3. The van der Waals surface area contributed by atoms with Crippen LogP contribution in [0.1, 0.15) is 6.42 Å². The first-order valence-electron chi connectivity index (χ1n) is 9.58. The van der Waals surface area contributed by atoms with Crippen LogP contribution in [0, 0.1) is 11.6 Å². The second-order valence-electron chi connectivity index (χ2n) is 7.48. The van der Waals surface area contributed by atoms with Crippen molar-refractivity contribution in [3.05, 3.63) is 65.4 Å². The average Bonchev–Trinajstić information content (AvgIpc) is 3.32. The van der Waals surface area contributed by atoms with Gasteiger partial charge in [-0.15, -0.1) is 0 Å². The van der Waals surface area contributed by atoms with E-state index in [-0.39, 0.29) is 11.9 Å². The molecular formula is C22H18ClF2N5. The highest BCUT2D eigenvalue weighted by atomic mass is 35.5. The van der Waals surface area contributed by atoms with Crippen LogP contribution < -0.4 is 10.6 Å². The summed E-state index contributed by atoms with van der Waals surface area (Å²) in [6.45, 7) is 1.41. The zero-order valence-corrected chi connectivity index (χ0v) is 16.6. The van der Waals surface area contributed by atoms with E-state index in [1.807, 2.05) is 0 Å². The Bertz CT molecular complexity index is 1240. The van der Waals surface area contributed by atoms with Gasteiger partial charge in [-0.05, 0) is 48.4 Å². The predicted octanol–water partition coefficient (Wildman–Crippen LogP) is 4.76. The minimum Gasteiger partial charge on any atom is -0.369 e. The van der Waals surface area contributed by atoms with Crippen LogP contribution in [-0.4, -0.2) is 34.1 Å². The molecule has 5 rings (SSSR count). The van der Waals surface area contributed by atoms with Crippen molar-refractivity contribution in [2.45, 2.75) is 12.5 Å². The molecule has 0 amide bonds. The lowest BCUT2D eigenvalue weighted by atomic mass is 10.0. The molecule has 0 aliphatic carbocycles. The van der Waals surface area contributed by atoms with Crippen molar-refractivity contribution in [1.82, 2.24) is 15.0 Å². The van der Waals surface area contributed by atoms with E-state index in [1.54, 1.807) is 24.5 Å². The number of aromatic nitrogens is 3. The summed E-state index contributed by atoms with van der Waals surface area (Å²) in [6.07, 6.45) is 4.24. The van der Waals surface area contributed by atoms with E-state index in [4.69, 9.17) is 17.3 Å². The standard InChI is InChI=1S/C22H18ClF2N5/c23-13-5-12(6-15(25)7-13)17-9-27-10-18(21(17)30-4-3-16(26)11-30)22-28-19-2-1-14(24)8-20(19)29-22/h1-2,5-10,16H,3-4,11,26H2,(H,28,29)/t16-/m0/s1. The number of anilines is 1. The number of nitrogens with two attached hydrogens (primary N) is 1. The van der Waals surface area contributed by atoms with Gasteiger partial charge in [-0.25, -0.2) is 13.8 Å². The Hall–Kier alpha value is -3.03. The molecule has 0 spiro atoms. The summed E-state index contributed by atoms with van der Waals surface area (Å²) < 4.78 is 27.7. The molecule has 1 atom stereocenters. The molecule has 1 fully saturated rings. The van der Waals surface area contributed by atoms with Crippen LogP contribution in [0.4, 0.5) is 14.5 Å². The highest BCUT2D eigenvalue weighted by Gasteiger charge is 2.26. The SMILES string of the molecule is N[C@H]1CCN(c2c(-c3cc(F)cc(Cl)c3)cncc2-c2nc3ccc(F)cc3[nH]2)C1. The summed E-state index contributed by atoms with van der Waals surface area (Å²) in [5.74, 6) is -0.209. The van der Waals surface area contributed by atoms with E-state index in [0.717, 1.165) is 29.8 Å². The van der Waals surface area contributed by atoms with E-state index in [2.05, 4.69) is 19.9 Å². The molecule has 1 aliphatic heterocycles. The first kappa shape index (κ1) is 19.0. The molecule has 152 valence electrons. The minimum atomic E-state index is -0.425. The molecule has 3 heterocycles. The number of fused-ring (bicyclic) bond motifs is 1. The van der Waals surface area contributed by atoms with Crippen molar-refractivity contribution in [1.29, 1.82) is 0 Å². The van der Waals surface area contributed by atoms with E-state index >= 15 is 0 Å². The number of pyridine rings is 1. The first-order chi connectivity index (χ1) is 14.5. The molecule has 2 aromatic carbocycles. The number of aromatic amines is 1. The molecule has 3 N–H and O–H groups in total. The van der Waals surface area contributed by atoms with Crippen molar-refractivity contribution in [3.8, 4) is 22.5 Å². The summed E-state index contributed by atoms with van der Waals surface area (Å²) in [5, 5.41) is 0.304. The van der Waals surface area contributed by atoms with Crippen LogP contribution in [0.5, 0.6) is 0 Å². The lowest BCUT2D eigenvalue weighted by Crippen LogP contribution is -2.27. The number of nitrogens with one attached hydrogen (secondary N) is 1. The van der Waals surface area contributed by atoms with Gasteiger partial charge in [0.15, 0.2) is 0 Å². The average molecular weight is 426 g/mol. The van der Waals surface area contributed by atoms with Crippen molar-refractivity contribution in [2.75, 3.05) is 18.0 Å². The number of H-pyrrole nitrogens is 1. The Labute approximate surface area is 176 Å². The number of benzene rings is 2. The molecule has 30 heavy (non-hydrogen) atoms. The summed E-state index contributed by atoms with van der Waals surface area (Å²) in [6, 6.07) is 8.85. The van der Waals surface area contributed by atoms with Gasteiger partial charge in [0, 0.05) is 42.1 Å². The Morgan fingerprint density at radius 1 is 1.07 bits per heavy atom. The van der Waals surface area contributed by atoms with Crippen molar-refractivity contribution in [3.63, 3.8) is 0 Å². The third-order valence-electron chi connectivity index (χ3n) is 5.33. The summed E-state index contributed by atoms with van der Waals surface area (Å²) in [5.41, 5.74) is 10.3. The van der Waals surface area contributed by atoms with Crippen LogP contribution in [-0.2, 0) is 0 Å². The quantitative estimate of drug-likeness (QED) is 0.496. The smallest absolute Gasteiger partial charge is 0.142 e. The number of halogens is 3. The first-order valence-corrected chi connectivity index (χ1v) is 9.96.